The van der Waals surface area contributed by atoms with Crippen molar-refractivity contribution in [2.45, 2.75) is 19.5 Å². The Labute approximate surface area is 116 Å². The van der Waals surface area contributed by atoms with Gasteiger partial charge in [0.15, 0.2) is 0 Å². The lowest BCUT2D eigenvalue weighted by atomic mass is 10.2. The number of hydrogen-bond donors (Lipinski definition) is 2. The Kier molecular flexibility index (Phi) is 5.06. The molecule has 0 bridgehead atoms. The fourth-order valence-electron chi connectivity index (χ4n) is 2.03. The molecule has 2 heterocycles. The van der Waals surface area contributed by atoms with Crippen LogP contribution < -0.4 is 10.6 Å². The number of carbonyl (C=O) groups excluding carboxylic acids is 1. The number of nitrogens with zero attached hydrogens (tertiary/aromatic N) is 3. The van der Waals surface area contributed by atoms with Crippen molar-refractivity contribution < 1.29 is 9.53 Å². The van der Waals surface area contributed by atoms with Crippen LogP contribution in [0.15, 0.2) is 0 Å². The van der Waals surface area contributed by atoms with Crippen LogP contribution in [-0.2, 0) is 16.1 Å². The minimum atomic E-state index is -0.255. The van der Waals surface area contributed by atoms with Crippen molar-refractivity contribution in [1.82, 2.24) is 19.8 Å². The number of hydrogen-bond acceptors (Lipinski definition) is 7. The van der Waals surface area contributed by atoms with E-state index in [0.29, 0.717) is 19.8 Å². The quantitative estimate of drug-likeness (QED) is 0.787. The van der Waals surface area contributed by atoms with Crippen LogP contribution in [0.5, 0.6) is 0 Å². The first kappa shape index (κ1) is 14.2. The summed E-state index contributed by atoms with van der Waals surface area (Å²) in [5, 5.41) is 11.0. The predicted molar refractivity (Wildman–Crippen MR) is 73.2 cm³/mol. The molecule has 1 amide bonds. The van der Waals surface area contributed by atoms with E-state index in [2.05, 4.69) is 25.1 Å². The number of likely N-dealkylation sites (N-methyl/N-ethyl adjacent to an activating group) is 1. The molecule has 1 unspecified atom stereocenters. The van der Waals surface area contributed by atoms with Crippen molar-refractivity contribution >= 4 is 22.4 Å². The molecular formula is C11H19N5O2S. The fraction of sp³-hybridized carbons (Fsp3) is 0.727. The molecule has 19 heavy (non-hydrogen) atoms. The van der Waals surface area contributed by atoms with Gasteiger partial charge < -0.3 is 15.4 Å². The van der Waals surface area contributed by atoms with Crippen LogP contribution in [0.2, 0.25) is 0 Å². The number of aromatic nitrogens is 2. The SMILES string of the molecule is CCNc1snnc1CN1CCOCC1C(=O)NC. The second kappa shape index (κ2) is 6.78. The van der Waals surface area contributed by atoms with Gasteiger partial charge in [-0.05, 0) is 6.92 Å². The average molecular weight is 285 g/mol. The van der Waals surface area contributed by atoms with Gasteiger partial charge in [0.05, 0.1) is 13.2 Å². The first-order valence-corrected chi connectivity index (χ1v) is 7.12. The lowest BCUT2D eigenvalue weighted by Crippen LogP contribution is -2.52. The highest BCUT2D eigenvalue weighted by Crippen LogP contribution is 2.21. The summed E-state index contributed by atoms with van der Waals surface area (Å²) in [5.74, 6) is -0.0205. The molecule has 1 atom stereocenters. The zero-order chi connectivity index (χ0) is 13.7. The number of anilines is 1. The Morgan fingerprint density at radius 1 is 1.63 bits per heavy atom. The van der Waals surface area contributed by atoms with Crippen molar-refractivity contribution in [2.24, 2.45) is 0 Å². The van der Waals surface area contributed by atoms with Gasteiger partial charge in [0, 0.05) is 38.2 Å². The van der Waals surface area contributed by atoms with E-state index in [4.69, 9.17) is 4.74 Å². The van der Waals surface area contributed by atoms with Gasteiger partial charge in [-0.3, -0.25) is 9.69 Å². The maximum atomic E-state index is 11.8. The number of amides is 1. The van der Waals surface area contributed by atoms with Gasteiger partial charge >= 0.3 is 0 Å². The molecule has 0 saturated carbocycles. The molecule has 1 aromatic rings. The van der Waals surface area contributed by atoms with E-state index in [1.54, 1.807) is 7.05 Å². The van der Waals surface area contributed by atoms with E-state index in [-0.39, 0.29) is 11.9 Å². The Morgan fingerprint density at radius 2 is 2.47 bits per heavy atom. The van der Waals surface area contributed by atoms with Gasteiger partial charge in [0.25, 0.3) is 0 Å². The molecule has 1 aliphatic rings. The molecule has 0 spiro atoms. The summed E-state index contributed by atoms with van der Waals surface area (Å²) in [5.41, 5.74) is 0.891. The van der Waals surface area contributed by atoms with Gasteiger partial charge in [-0.15, -0.1) is 5.10 Å². The van der Waals surface area contributed by atoms with Crippen molar-refractivity contribution in [3.8, 4) is 0 Å². The summed E-state index contributed by atoms with van der Waals surface area (Å²) in [6.45, 7) is 5.27. The standard InChI is InChI=1S/C11H19N5O2S/c1-3-13-11-8(14-15-19-11)6-16-4-5-18-7-9(16)10(17)12-2/h9,13H,3-7H2,1-2H3,(H,12,17). The molecule has 8 heteroatoms. The maximum absolute atomic E-state index is 11.8. The Bertz CT molecular complexity index is 425. The number of nitrogens with one attached hydrogen (secondary N) is 2. The third kappa shape index (κ3) is 3.40. The Hall–Kier alpha value is -1.25. The van der Waals surface area contributed by atoms with Gasteiger partial charge in [0.1, 0.15) is 16.7 Å². The number of ether oxygens (including phenoxy) is 1. The van der Waals surface area contributed by atoms with Gasteiger partial charge in [-0.25, -0.2) is 0 Å². The number of rotatable bonds is 5. The summed E-state index contributed by atoms with van der Waals surface area (Å²) in [4.78, 5) is 13.9. The van der Waals surface area contributed by atoms with E-state index in [0.717, 1.165) is 23.8 Å². The number of morpholine rings is 1. The molecule has 1 aliphatic heterocycles. The molecule has 0 radical (unpaired) electrons. The minimum absolute atomic E-state index is 0.0205. The maximum Gasteiger partial charge on any atom is 0.239 e. The first-order valence-electron chi connectivity index (χ1n) is 6.34. The van der Waals surface area contributed by atoms with Gasteiger partial charge in [0.2, 0.25) is 5.91 Å². The van der Waals surface area contributed by atoms with Crippen LogP contribution in [0.4, 0.5) is 5.00 Å². The first-order chi connectivity index (χ1) is 9.26. The van der Waals surface area contributed by atoms with Crippen molar-refractivity contribution in [3.05, 3.63) is 5.69 Å². The average Bonchev–Trinajstić information content (AvgIpc) is 2.86. The zero-order valence-electron chi connectivity index (χ0n) is 11.2. The summed E-state index contributed by atoms with van der Waals surface area (Å²) in [6, 6.07) is -0.255. The highest BCUT2D eigenvalue weighted by Gasteiger charge is 2.29. The molecule has 2 N–H and O–H groups in total. The zero-order valence-corrected chi connectivity index (χ0v) is 12.0. The molecule has 1 fully saturated rings. The van der Waals surface area contributed by atoms with Crippen LogP contribution in [0.1, 0.15) is 12.6 Å². The van der Waals surface area contributed by atoms with E-state index in [9.17, 15) is 4.79 Å². The number of carbonyl (C=O) groups is 1. The van der Waals surface area contributed by atoms with Crippen molar-refractivity contribution in [2.75, 3.05) is 38.7 Å². The lowest BCUT2D eigenvalue weighted by Gasteiger charge is -2.33. The molecule has 1 aromatic heterocycles. The van der Waals surface area contributed by atoms with Crippen LogP contribution in [0.3, 0.4) is 0 Å². The van der Waals surface area contributed by atoms with Gasteiger partial charge in [-0.1, -0.05) is 4.49 Å². The Balaban J connectivity index is 2.06. The molecule has 106 valence electrons. The topological polar surface area (TPSA) is 79.4 Å². The highest BCUT2D eigenvalue weighted by molar-refractivity contribution is 7.10. The van der Waals surface area contributed by atoms with Crippen LogP contribution >= 0.6 is 11.5 Å². The van der Waals surface area contributed by atoms with Crippen molar-refractivity contribution in [1.29, 1.82) is 0 Å². The molecule has 0 aliphatic carbocycles. The lowest BCUT2D eigenvalue weighted by molar-refractivity contribution is -0.132. The van der Waals surface area contributed by atoms with E-state index < -0.39 is 0 Å². The predicted octanol–water partition coefficient (Wildman–Crippen LogP) is -0.0833. The van der Waals surface area contributed by atoms with Crippen LogP contribution in [0.25, 0.3) is 0 Å². The summed E-state index contributed by atoms with van der Waals surface area (Å²) < 4.78 is 9.35. The molecular weight excluding hydrogens is 266 g/mol. The molecule has 2 rings (SSSR count). The summed E-state index contributed by atoms with van der Waals surface area (Å²) in [6.07, 6.45) is 0. The molecule has 0 aromatic carbocycles. The monoisotopic (exact) mass is 285 g/mol. The van der Waals surface area contributed by atoms with Crippen LogP contribution in [0, 0.1) is 0 Å². The highest BCUT2D eigenvalue weighted by atomic mass is 32.1. The molecule has 1 saturated heterocycles. The van der Waals surface area contributed by atoms with E-state index >= 15 is 0 Å². The normalized spacial score (nSPS) is 20.2. The molecule has 7 nitrogen and oxygen atoms in total. The smallest absolute Gasteiger partial charge is 0.239 e. The third-order valence-corrected chi connectivity index (χ3v) is 3.76. The summed E-state index contributed by atoms with van der Waals surface area (Å²) in [7, 11) is 1.64. The van der Waals surface area contributed by atoms with E-state index in [1.165, 1.54) is 11.5 Å². The van der Waals surface area contributed by atoms with Crippen molar-refractivity contribution in [3.63, 3.8) is 0 Å². The second-order valence-corrected chi connectivity index (χ2v) is 5.01. The van der Waals surface area contributed by atoms with E-state index in [1.807, 2.05) is 6.92 Å². The van der Waals surface area contributed by atoms with Crippen LogP contribution in [-0.4, -0.2) is 59.8 Å². The second-order valence-electron chi connectivity index (χ2n) is 4.25. The largest absolute Gasteiger partial charge is 0.378 e. The fourth-order valence-corrected chi connectivity index (χ4v) is 2.68. The third-order valence-electron chi connectivity index (χ3n) is 3.03. The van der Waals surface area contributed by atoms with Gasteiger partial charge in [-0.2, -0.15) is 0 Å². The Morgan fingerprint density at radius 3 is 3.21 bits per heavy atom. The minimum Gasteiger partial charge on any atom is -0.378 e. The summed E-state index contributed by atoms with van der Waals surface area (Å²) >= 11 is 1.35.